The molecule has 0 spiro atoms. The van der Waals surface area contributed by atoms with Gasteiger partial charge >= 0.3 is 6.01 Å². The number of rotatable bonds is 10. The van der Waals surface area contributed by atoms with E-state index in [0.717, 1.165) is 84.0 Å². The van der Waals surface area contributed by atoms with E-state index in [0.29, 0.717) is 73.0 Å². The number of allylic oxidation sites excluding steroid dienone is 1. The van der Waals surface area contributed by atoms with Crippen LogP contribution in [-0.2, 0) is 6.42 Å². The van der Waals surface area contributed by atoms with E-state index in [1.54, 1.807) is 48.8 Å². The molecule has 1 aliphatic carbocycles. The summed E-state index contributed by atoms with van der Waals surface area (Å²) in [5, 5.41) is 100. The van der Waals surface area contributed by atoms with E-state index < -0.39 is 0 Å². The zero-order chi connectivity index (χ0) is 70.3. The number of hydrogen-bond acceptors (Lipinski definition) is 24. The third kappa shape index (κ3) is 13.8. The summed E-state index contributed by atoms with van der Waals surface area (Å²) in [6, 6.07) is 26.3. The molecule has 100 heavy (non-hydrogen) atoms. The number of benzene rings is 3. The van der Waals surface area contributed by atoms with E-state index in [1.807, 2.05) is 68.8 Å². The van der Waals surface area contributed by atoms with Crippen molar-refractivity contribution in [2.45, 2.75) is 179 Å². The lowest BCUT2D eigenvalue weighted by Gasteiger charge is -2.46. The third-order valence-corrected chi connectivity index (χ3v) is 18.9. The number of nitrogens with zero attached hydrogens (tertiary/aromatic N) is 19. The van der Waals surface area contributed by atoms with E-state index in [2.05, 4.69) is 193 Å². The molecular formula is C73H82N22O5. The highest BCUT2D eigenvalue weighted by molar-refractivity contribution is 5.84. The van der Waals surface area contributed by atoms with Crippen molar-refractivity contribution in [3.63, 3.8) is 0 Å². The molecule has 0 saturated carbocycles. The van der Waals surface area contributed by atoms with Crippen LogP contribution in [0.25, 0.3) is 107 Å². The van der Waals surface area contributed by atoms with Gasteiger partial charge in [0.2, 0.25) is 16.9 Å². The first kappa shape index (κ1) is 66.6. The maximum atomic E-state index is 10.9. The second kappa shape index (κ2) is 25.3. The minimum absolute atomic E-state index is 0.0175. The number of aromatic hydroxyl groups is 3. The number of nitrogens with one attached hydrogen (secondary N) is 3. The van der Waals surface area contributed by atoms with Gasteiger partial charge in [0.15, 0.2) is 0 Å². The summed E-state index contributed by atoms with van der Waals surface area (Å²) in [6.45, 7) is 26.5. The number of phenolic OH excluding ortho intramolecular Hbond substituents is 3. The minimum atomic E-state index is -0.0285. The molecule has 0 unspecified atom stereocenters. The monoisotopic (exact) mass is 1350 g/mol. The summed E-state index contributed by atoms with van der Waals surface area (Å²) >= 11 is 0. The Morgan fingerprint density at radius 1 is 0.440 bits per heavy atom. The maximum Gasteiger partial charge on any atom is 0.316 e. The number of ether oxygens (including phenoxy) is 1. The smallest absolute Gasteiger partial charge is 0.316 e. The standard InChI is InChI=1S/C27H29N7O.C24H28N8O2.C22H25N7O2/c1-26(2)14-17(15-27(3,4)32-26)34-25-23(30-33-34)13-22(29-31-25)20-9-8-16(12-24(20)35)18-10-11-28-21-7-5-6-19(18)21;1-23(2)12-15(13-24(3,4)30-23)32-21-19(28-31-32)11-18(27-29-21)16-7-6-14(10-20(16)33)17-8-9-25-22(26-17)34-5;1-21(2)9-15(10-22(3,4)27-21)29-20-18(25-28-29)8-17(24-26-20)16-6-5-13(7-19(16)30)14-11-23-31-12-14/h5-6,8-13,17,32,35H,7,14-15H2,1-4H3;6-11,15,30,33H,12-13H2,1-5H3;5-8,11-12,15,27,30H,9-10H2,1-4H3. The highest BCUT2D eigenvalue weighted by Crippen LogP contribution is 2.43. The van der Waals surface area contributed by atoms with Crippen molar-refractivity contribution in [3.8, 4) is 90.5 Å². The Hall–Kier alpha value is -10.6. The van der Waals surface area contributed by atoms with E-state index in [9.17, 15) is 15.3 Å². The Morgan fingerprint density at radius 2 is 0.850 bits per heavy atom. The Morgan fingerprint density at radius 3 is 1.27 bits per heavy atom. The fourth-order valence-electron chi connectivity index (χ4n) is 15.8. The summed E-state index contributed by atoms with van der Waals surface area (Å²) in [6.07, 6.45) is 17.1. The van der Waals surface area contributed by atoms with Gasteiger partial charge < -0.3 is 40.5 Å². The minimum Gasteiger partial charge on any atom is -0.507 e. The second-order valence-electron chi connectivity index (χ2n) is 30.6. The third-order valence-electron chi connectivity index (χ3n) is 18.9. The fraction of sp³-hybridized carbons (Fsp3) is 0.397. The van der Waals surface area contributed by atoms with Crippen molar-refractivity contribution in [1.29, 1.82) is 0 Å². The number of methoxy groups -OCH3 is 1. The summed E-state index contributed by atoms with van der Waals surface area (Å²) < 4.78 is 15.7. The van der Waals surface area contributed by atoms with Gasteiger partial charge in [-0.2, -0.15) is 4.98 Å². The van der Waals surface area contributed by atoms with Crippen molar-refractivity contribution in [1.82, 2.24) is 112 Å². The lowest BCUT2D eigenvalue weighted by Crippen LogP contribution is -2.58. The molecule has 27 nitrogen and oxygen atoms in total. The molecule has 16 rings (SSSR count). The SMILES string of the molecule is CC1(C)CC(n2nnc3cc(-c4ccc(-c5ccnc6c5C=CC6)cc4O)nnc32)CC(C)(C)N1.CC1(C)CC(n2nnc3cc(-c4ccc(-c5cnoc5)cc4O)nnc32)CC(C)(C)N1.COc1nccc(-c2ccc(-c3cc4nnn(C5CC(C)(C)NC(C)(C)C5)c4nn3)c(O)c2)n1. The lowest BCUT2D eigenvalue weighted by molar-refractivity contribution is 0.126. The van der Waals surface area contributed by atoms with E-state index in [-0.39, 0.29) is 74.6 Å². The summed E-state index contributed by atoms with van der Waals surface area (Å²) in [7, 11) is 1.51. The van der Waals surface area contributed by atoms with Gasteiger partial charge in [0.25, 0.3) is 0 Å². The van der Waals surface area contributed by atoms with Crippen LogP contribution in [0.1, 0.15) is 151 Å². The summed E-state index contributed by atoms with van der Waals surface area (Å²) in [4.78, 5) is 12.8. The molecule has 3 fully saturated rings. The topological polar surface area (TPSA) is 340 Å². The first-order chi connectivity index (χ1) is 47.5. The van der Waals surface area contributed by atoms with Gasteiger partial charge in [-0.15, -0.1) is 45.9 Å². The zero-order valence-corrected chi connectivity index (χ0v) is 58.4. The molecule has 9 aromatic heterocycles. The van der Waals surface area contributed by atoms with Gasteiger partial charge in [-0.1, -0.05) is 51.1 Å². The highest BCUT2D eigenvalue weighted by atomic mass is 16.5. The van der Waals surface area contributed by atoms with Crippen LogP contribution in [0, 0.1) is 0 Å². The molecule has 4 aliphatic rings. The van der Waals surface area contributed by atoms with E-state index >= 15 is 0 Å². The average Bonchev–Trinajstić information content (AvgIpc) is 1.55. The molecule has 12 aromatic rings. The molecule has 12 heterocycles. The Balaban J connectivity index is 0.000000128. The number of piperidine rings is 3. The first-order valence-electron chi connectivity index (χ1n) is 33.6. The second-order valence-corrected chi connectivity index (χ2v) is 30.6. The van der Waals surface area contributed by atoms with Crippen LogP contribution in [0.15, 0.2) is 120 Å². The van der Waals surface area contributed by atoms with Crippen LogP contribution in [0.2, 0.25) is 0 Å². The van der Waals surface area contributed by atoms with Crippen molar-refractivity contribution >= 4 is 39.6 Å². The molecule has 514 valence electrons. The molecular weight excluding hydrogens is 1260 g/mol. The fourth-order valence-corrected chi connectivity index (χ4v) is 15.8. The predicted octanol–water partition coefficient (Wildman–Crippen LogP) is 12.0. The van der Waals surface area contributed by atoms with Crippen molar-refractivity contribution in [3.05, 3.63) is 127 Å². The van der Waals surface area contributed by atoms with E-state index in [1.165, 1.54) is 13.4 Å². The molecule has 3 saturated heterocycles. The normalized spacial score (nSPS) is 18.3. The predicted molar refractivity (Wildman–Crippen MR) is 378 cm³/mol. The first-order valence-corrected chi connectivity index (χ1v) is 33.6. The summed E-state index contributed by atoms with van der Waals surface area (Å²) in [5.41, 5.74) is 14.3. The van der Waals surface area contributed by atoms with Gasteiger partial charge in [0, 0.05) is 85.4 Å². The number of fused-ring (bicyclic) bond motifs is 4. The molecule has 0 atom stereocenters. The number of pyridine rings is 1. The van der Waals surface area contributed by atoms with Crippen LogP contribution in [0.3, 0.4) is 0 Å². The molecule has 0 amide bonds. The largest absolute Gasteiger partial charge is 0.507 e. The van der Waals surface area contributed by atoms with Gasteiger partial charge in [0.1, 0.15) is 40.1 Å². The van der Waals surface area contributed by atoms with Gasteiger partial charge in [-0.05, 0) is 205 Å². The van der Waals surface area contributed by atoms with Crippen LogP contribution < -0.4 is 20.7 Å². The molecule has 0 radical (unpaired) electrons. The molecule has 6 N–H and O–H groups in total. The molecule has 3 aromatic carbocycles. The number of hydrogen-bond donors (Lipinski definition) is 6. The Labute approximate surface area is 577 Å². The van der Waals surface area contributed by atoms with Crippen molar-refractivity contribution in [2.75, 3.05) is 7.11 Å². The van der Waals surface area contributed by atoms with Crippen LogP contribution in [-0.4, -0.2) is 151 Å². The van der Waals surface area contributed by atoms with Crippen LogP contribution in [0.4, 0.5) is 0 Å². The Kier molecular flexibility index (Phi) is 16.8. The van der Waals surface area contributed by atoms with Gasteiger partial charge in [-0.25, -0.2) is 19.0 Å². The molecule has 3 aliphatic heterocycles. The van der Waals surface area contributed by atoms with Gasteiger partial charge in [0.05, 0.1) is 59.9 Å². The van der Waals surface area contributed by atoms with Gasteiger partial charge in [-0.3, -0.25) is 4.98 Å². The zero-order valence-electron chi connectivity index (χ0n) is 58.4. The average molecular weight is 1350 g/mol. The van der Waals surface area contributed by atoms with Crippen LogP contribution in [0.5, 0.6) is 23.3 Å². The van der Waals surface area contributed by atoms with E-state index in [4.69, 9.17) is 9.26 Å². The number of phenols is 3. The molecule has 27 heteroatoms. The quantitative estimate of drug-likeness (QED) is 0.0741. The van der Waals surface area contributed by atoms with Crippen molar-refractivity contribution in [2.24, 2.45) is 0 Å². The van der Waals surface area contributed by atoms with Crippen LogP contribution >= 0.6 is 0 Å². The highest BCUT2D eigenvalue weighted by Gasteiger charge is 2.42. The Bertz CT molecular complexity index is 5040. The summed E-state index contributed by atoms with van der Waals surface area (Å²) in [5.74, 6) is 0.317. The number of aromatic nitrogens is 19. The van der Waals surface area contributed by atoms with Crippen molar-refractivity contribution < 1.29 is 24.6 Å². The maximum absolute atomic E-state index is 10.9. The lowest BCUT2D eigenvalue weighted by atomic mass is 9.79. The molecule has 0 bridgehead atoms.